The minimum absolute atomic E-state index is 0.138. The lowest BCUT2D eigenvalue weighted by Gasteiger charge is -2.21. The molecule has 1 aliphatic heterocycles. The number of hydrogen-bond donors (Lipinski definition) is 1. The number of halogens is 5. The molecule has 1 N–H and O–H groups in total. The Labute approximate surface area is 198 Å². The first-order valence-electron chi connectivity index (χ1n) is 10.6. The Hall–Kier alpha value is -3.19. The van der Waals surface area contributed by atoms with Crippen LogP contribution in [0.1, 0.15) is 30.1 Å². The van der Waals surface area contributed by atoms with Gasteiger partial charge >= 0.3 is 6.18 Å². The van der Waals surface area contributed by atoms with Gasteiger partial charge < -0.3 is 9.87 Å². The molecule has 2 aromatic heterocycles. The summed E-state index contributed by atoms with van der Waals surface area (Å²) in [5.74, 6) is -2.60. The van der Waals surface area contributed by atoms with E-state index < -0.39 is 58.5 Å². The maximum atomic E-state index is 14.7. The van der Waals surface area contributed by atoms with Gasteiger partial charge in [-0.3, -0.25) is 14.2 Å². The van der Waals surface area contributed by atoms with Crippen LogP contribution in [0, 0.1) is 11.6 Å². The Morgan fingerprint density at radius 3 is 2.60 bits per heavy atom. The van der Waals surface area contributed by atoms with Crippen molar-refractivity contribution in [3.63, 3.8) is 0 Å². The van der Waals surface area contributed by atoms with Crippen molar-refractivity contribution in [2.45, 2.75) is 32.0 Å². The molecule has 186 valence electrons. The lowest BCUT2D eigenvalue weighted by atomic mass is 10.1. The van der Waals surface area contributed by atoms with Crippen LogP contribution in [0.3, 0.4) is 0 Å². The number of amides is 1. The zero-order chi connectivity index (χ0) is 25.5. The van der Waals surface area contributed by atoms with Crippen LogP contribution in [-0.2, 0) is 11.4 Å². The number of nitrogens with zero attached hydrogens (tertiary/aromatic N) is 3. The second kappa shape index (κ2) is 9.46. The Kier molecular flexibility index (Phi) is 6.73. The average Bonchev–Trinajstić information content (AvgIpc) is 3.23. The Morgan fingerprint density at radius 2 is 2.00 bits per heavy atom. The summed E-state index contributed by atoms with van der Waals surface area (Å²) in [4.78, 5) is 30.2. The van der Waals surface area contributed by atoms with E-state index in [2.05, 4.69) is 4.98 Å². The number of anilines is 1. The molecule has 0 spiro atoms. The molecular weight excluding hydrogens is 495 g/mol. The van der Waals surface area contributed by atoms with Crippen LogP contribution >= 0.6 is 0 Å². The molecule has 3 aromatic rings. The van der Waals surface area contributed by atoms with Gasteiger partial charge in [0, 0.05) is 18.7 Å². The molecule has 0 saturated carbocycles. The number of carbonyl (C=O) groups is 1. The van der Waals surface area contributed by atoms with Crippen molar-refractivity contribution in [3.05, 3.63) is 63.9 Å². The maximum Gasteiger partial charge on any atom is 0.408 e. The largest absolute Gasteiger partial charge is 0.593 e. The van der Waals surface area contributed by atoms with Gasteiger partial charge in [0.1, 0.15) is 29.0 Å². The molecule has 1 amide bonds. The summed E-state index contributed by atoms with van der Waals surface area (Å²) in [5.41, 5.74) is -2.03. The third kappa shape index (κ3) is 4.82. The number of nitrogens with one attached hydrogen (secondary N) is 1. The predicted octanol–water partition coefficient (Wildman–Crippen LogP) is 3.61. The van der Waals surface area contributed by atoms with E-state index in [0.29, 0.717) is 24.8 Å². The predicted molar refractivity (Wildman–Crippen MR) is 120 cm³/mol. The minimum atomic E-state index is -4.74. The quantitative estimate of drug-likeness (QED) is 0.415. The zero-order valence-electron chi connectivity index (χ0n) is 18.2. The first kappa shape index (κ1) is 24.9. The van der Waals surface area contributed by atoms with Crippen LogP contribution in [0.5, 0.6) is 0 Å². The number of pyridine rings is 2. The van der Waals surface area contributed by atoms with E-state index in [4.69, 9.17) is 0 Å². The number of benzene rings is 1. The molecule has 1 saturated heterocycles. The summed E-state index contributed by atoms with van der Waals surface area (Å²) in [6.45, 7) is 1.65. The number of rotatable bonds is 5. The monoisotopic (exact) mass is 514 g/mol. The van der Waals surface area contributed by atoms with Gasteiger partial charge in [-0.1, -0.05) is 6.92 Å². The van der Waals surface area contributed by atoms with Crippen LogP contribution in [0.4, 0.5) is 27.8 Å². The van der Waals surface area contributed by atoms with Gasteiger partial charge in [0.2, 0.25) is 5.43 Å². The van der Waals surface area contributed by atoms with E-state index in [9.17, 15) is 36.1 Å². The highest BCUT2D eigenvalue weighted by Crippen LogP contribution is 2.27. The number of aromatic nitrogens is 2. The van der Waals surface area contributed by atoms with Crippen molar-refractivity contribution < 1.29 is 31.3 Å². The van der Waals surface area contributed by atoms with Crippen molar-refractivity contribution >= 4 is 34.1 Å². The van der Waals surface area contributed by atoms with E-state index >= 15 is 0 Å². The molecule has 35 heavy (non-hydrogen) atoms. The fraction of sp³-hybridized carbons (Fsp3) is 0.318. The Morgan fingerprint density at radius 1 is 1.26 bits per heavy atom. The minimum Gasteiger partial charge on any atom is -0.593 e. The normalized spacial score (nSPS) is 17.1. The first-order chi connectivity index (χ1) is 16.5. The summed E-state index contributed by atoms with van der Waals surface area (Å²) < 4.78 is 82.5. The topological polar surface area (TPSA) is 90.3 Å². The van der Waals surface area contributed by atoms with E-state index in [0.717, 1.165) is 22.9 Å². The van der Waals surface area contributed by atoms with Gasteiger partial charge in [-0.15, -0.1) is 0 Å². The first-order valence-corrected chi connectivity index (χ1v) is 11.8. The summed E-state index contributed by atoms with van der Waals surface area (Å²) in [5, 5.41) is 1.61. The molecule has 4 rings (SSSR count). The second-order valence-corrected chi connectivity index (χ2v) is 9.33. The van der Waals surface area contributed by atoms with Crippen LogP contribution in [-0.4, -0.2) is 44.5 Å². The van der Waals surface area contributed by atoms with Crippen molar-refractivity contribution in [3.8, 4) is 5.69 Å². The van der Waals surface area contributed by atoms with E-state index in [1.165, 1.54) is 23.4 Å². The third-order valence-electron chi connectivity index (χ3n) is 5.54. The number of carbonyl (C=O) groups excluding carboxylic acids is 1. The molecule has 3 heterocycles. The summed E-state index contributed by atoms with van der Waals surface area (Å²) in [6.07, 6.45) is -3.70. The van der Waals surface area contributed by atoms with E-state index in [1.54, 1.807) is 5.32 Å². The second-order valence-electron chi connectivity index (χ2n) is 7.84. The van der Waals surface area contributed by atoms with E-state index in [-0.39, 0.29) is 22.5 Å². The molecular formula is C22H19F5N4O3S. The molecule has 13 heteroatoms. The lowest BCUT2D eigenvalue weighted by molar-refractivity contribution is -0.153. The standard InChI is InChI=1S/C22H19F5N4O3S/c1-2-17(22(25,26)27)28-21(33)14-11-30(16-6-4-12(23)10-15(16)24)20-13(19(14)32)5-7-18(29-20)31-8-3-9-35(31)34/h4-7,10-11,17H,2-3,8-9H2,1H3,(H,28,33). The van der Waals surface area contributed by atoms with Gasteiger partial charge in [-0.25, -0.2) is 13.8 Å². The SMILES string of the molecule is CCC(NC(=O)c1cn(-c2ccc(F)cc2F)c2nc(N3CCC[S+]3[O-])ccc2c1=O)C(F)(F)F. The fourth-order valence-electron chi connectivity index (χ4n) is 3.77. The number of alkyl halides is 3. The van der Waals surface area contributed by atoms with Crippen molar-refractivity contribution in [2.75, 3.05) is 16.6 Å². The molecule has 2 unspecified atom stereocenters. The number of hydrogen-bond acceptors (Lipinski definition) is 5. The van der Waals surface area contributed by atoms with Gasteiger partial charge in [0.25, 0.3) is 5.91 Å². The average molecular weight is 514 g/mol. The van der Waals surface area contributed by atoms with Gasteiger partial charge in [0.15, 0.2) is 11.5 Å². The highest BCUT2D eigenvalue weighted by atomic mass is 32.2. The molecule has 1 aromatic carbocycles. The highest BCUT2D eigenvalue weighted by molar-refractivity contribution is 7.93. The van der Waals surface area contributed by atoms with Crippen molar-refractivity contribution in [2.24, 2.45) is 0 Å². The van der Waals surface area contributed by atoms with Crippen LogP contribution in [0.2, 0.25) is 0 Å². The molecule has 1 fully saturated rings. The van der Waals surface area contributed by atoms with Gasteiger partial charge in [-0.2, -0.15) is 17.5 Å². The lowest BCUT2D eigenvalue weighted by Crippen LogP contribution is -2.46. The highest BCUT2D eigenvalue weighted by Gasteiger charge is 2.40. The van der Waals surface area contributed by atoms with Crippen LogP contribution in [0.15, 0.2) is 41.3 Å². The van der Waals surface area contributed by atoms with Gasteiger partial charge in [0.05, 0.1) is 29.0 Å². The van der Waals surface area contributed by atoms with Crippen LogP contribution in [0.25, 0.3) is 16.7 Å². The Balaban J connectivity index is 1.92. The smallest absolute Gasteiger partial charge is 0.408 e. The molecule has 1 aliphatic rings. The van der Waals surface area contributed by atoms with Crippen molar-refractivity contribution in [1.82, 2.24) is 14.9 Å². The summed E-state index contributed by atoms with van der Waals surface area (Å²) >= 11 is -1.36. The van der Waals surface area contributed by atoms with E-state index in [1.807, 2.05) is 0 Å². The maximum absolute atomic E-state index is 14.7. The fourth-order valence-corrected chi connectivity index (χ4v) is 5.01. The zero-order valence-corrected chi connectivity index (χ0v) is 19.1. The summed E-state index contributed by atoms with van der Waals surface area (Å²) in [6, 6.07) is 3.04. The summed E-state index contributed by atoms with van der Waals surface area (Å²) in [7, 11) is 0. The van der Waals surface area contributed by atoms with Crippen LogP contribution < -0.4 is 15.1 Å². The van der Waals surface area contributed by atoms with Crippen molar-refractivity contribution in [1.29, 1.82) is 0 Å². The third-order valence-corrected chi connectivity index (χ3v) is 7.04. The Bertz CT molecular complexity index is 1350. The molecule has 0 bridgehead atoms. The number of fused-ring (bicyclic) bond motifs is 1. The molecule has 0 aliphatic carbocycles. The molecule has 0 radical (unpaired) electrons. The molecule has 2 atom stereocenters. The van der Waals surface area contributed by atoms with Gasteiger partial charge in [-0.05, 0) is 30.7 Å². The molecule has 7 nitrogen and oxygen atoms in total.